The van der Waals surface area contributed by atoms with Crippen LogP contribution in [0, 0.1) is 0 Å². The number of aryl methyl sites for hydroxylation is 2. The van der Waals surface area contributed by atoms with E-state index >= 15 is 0 Å². The van der Waals surface area contributed by atoms with Gasteiger partial charge in [-0.25, -0.2) is 4.99 Å². The van der Waals surface area contributed by atoms with E-state index < -0.39 is 0 Å². The summed E-state index contributed by atoms with van der Waals surface area (Å²) >= 11 is 1.81. The molecule has 0 aliphatic heterocycles. The molecule has 0 radical (unpaired) electrons. The monoisotopic (exact) mass is 361 g/mol. The molecule has 0 aliphatic carbocycles. The molecule has 0 aliphatic rings. The molecule has 0 amide bonds. The lowest BCUT2D eigenvalue weighted by molar-refractivity contribution is 0.702. The van der Waals surface area contributed by atoms with Crippen molar-refractivity contribution in [2.24, 2.45) is 12.0 Å². The summed E-state index contributed by atoms with van der Waals surface area (Å²) in [4.78, 5) is 6.21. The van der Waals surface area contributed by atoms with E-state index in [1.807, 2.05) is 23.1 Å². The van der Waals surface area contributed by atoms with Crippen LogP contribution in [0.3, 0.4) is 0 Å². The van der Waals surface area contributed by atoms with Gasteiger partial charge in [-0.05, 0) is 31.2 Å². The molecule has 2 aromatic rings. The number of aromatic nitrogens is 2. The molecule has 5 nitrogen and oxygen atoms in total. The van der Waals surface area contributed by atoms with E-state index in [1.165, 1.54) is 16.1 Å². The third kappa shape index (κ3) is 5.08. The van der Waals surface area contributed by atoms with Gasteiger partial charge in [0, 0.05) is 42.2 Å². The first-order chi connectivity index (χ1) is 12.1. The van der Waals surface area contributed by atoms with Gasteiger partial charge in [0.2, 0.25) is 0 Å². The molecule has 0 saturated carbocycles. The van der Waals surface area contributed by atoms with Crippen molar-refractivity contribution >= 4 is 17.3 Å². The Bertz CT molecular complexity index is 672. The lowest BCUT2D eigenvalue weighted by Crippen LogP contribution is -2.39. The van der Waals surface area contributed by atoms with Crippen LogP contribution in [0.25, 0.3) is 0 Å². The fourth-order valence-corrected chi connectivity index (χ4v) is 3.78. The van der Waals surface area contributed by atoms with Gasteiger partial charge in [0.05, 0.1) is 12.2 Å². The number of guanidine groups is 1. The molecule has 1 atom stereocenters. The van der Waals surface area contributed by atoms with E-state index in [-0.39, 0.29) is 0 Å². The first kappa shape index (κ1) is 19.5. The van der Waals surface area contributed by atoms with Crippen LogP contribution in [-0.2, 0) is 26.4 Å². The molecule has 1 unspecified atom stereocenters. The van der Waals surface area contributed by atoms with Gasteiger partial charge in [-0.1, -0.05) is 26.8 Å². The van der Waals surface area contributed by atoms with E-state index in [0.717, 1.165) is 37.6 Å². The molecule has 2 rings (SSSR count). The van der Waals surface area contributed by atoms with Gasteiger partial charge in [0.25, 0.3) is 0 Å². The highest BCUT2D eigenvalue weighted by Gasteiger charge is 2.13. The number of hydrogen-bond donors (Lipinski definition) is 2. The normalized spacial score (nSPS) is 13.1. The number of nitrogens with one attached hydrogen (secondary N) is 2. The highest BCUT2D eigenvalue weighted by Crippen LogP contribution is 2.20. The Morgan fingerprint density at radius 1 is 1.28 bits per heavy atom. The quantitative estimate of drug-likeness (QED) is 0.559. The SMILES string of the molecule is CCNC(=NCc1c(CC)nn(C)c1CC)NCC(C)c1cccs1. The molecular formula is C19H31N5S. The van der Waals surface area contributed by atoms with Crippen molar-refractivity contribution in [2.75, 3.05) is 13.1 Å². The van der Waals surface area contributed by atoms with E-state index in [9.17, 15) is 0 Å². The lowest BCUT2D eigenvalue weighted by atomic mass is 10.1. The maximum Gasteiger partial charge on any atom is 0.191 e. The number of thiophene rings is 1. The lowest BCUT2D eigenvalue weighted by Gasteiger charge is -2.15. The number of aliphatic imine (C=N–C) groups is 1. The van der Waals surface area contributed by atoms with Crippen molar-refractivity contribution in [2.45, 2.75) is 53.0 Å². The molecule has 138 valence electrons. The second-order valence-electron chi connectivity index (χ2n) is 6.20. The summed E-state index contributed by atoms with van der Waals surface area (Å²) in [7, 11) is 2.03. The molecule has 0 saturated heterocycles. The second kappa shape index (κ2) is 9.61. The maximum absolute atomic E-state index is 4.81. The summed E-state index contributed by atoms with van der Waals surface area (Å²) in [5.41, 5.74) is 3.71. The zero-order chi connectivity index (χ0) is 18.2. The van der Waals surface area contributed by atoms with Crippen LogP contribution in [0.15, 0.2) is 22.5 Å². The largest absolute Gasteiger partial charge is 0.357 e. The Balaban J connectivity index is 2.07. The summed E-state index contributed by atoms with van der Waals surface area (Å²) < 4.78 is 2.00. The van der Waals surface area contributed by atoms with E-state index in [2.05, 4.69) is 60.9 Å². The fourth-order valence-electron chi connectivity index (χ4n) is 2.99. The van der Waals surface area contributed by atoms with Crippen molar-refractivity contribution in [3.63, 3.8) is 0 Å². The van der Waals surface area contributed by atoms with Gasteiger partial charge >= 0.3 is 0 Å². The molecule has 2 aromatic heterocycles. The van der Waals surface area contributed by atoms with Gasteiger partial charge < -0.3 is 10.6 Å². The van der Waals surface area contributed by atoms with Crippen LogP contribution in [0.4, 0.5) is 0 Å². The molecule has 2 heterocycles. The Hall–Kier alpha value is -1.82. The Kier molecular flexibility index (Phi) is 7.50. The van der Waals surface area contributed by atoms with E-state index in [1.54, 1.807) is 0 Å². The molecule has 0 aromatic carbocycles. The molecule has 0 fully saturated rings. The summed E-state index contributed by atoms with van der Waals surface area (Å²) in [6.45, 7) is 11.1. The second-order valence-corrected chi connectivity index (χ2v) is 7.17. The van der Waals surface area contributed by atoms with Crippen LogP contribution in [0.5, 0.6) is 0 Å². The summed E-state index contributed by atoms with van der Waals surface area (Å²) in [5.74, 6) is 1.35. The predicted octanol–water partition coefficient (Wildman–Crippen LogP) is 3.47. The molecule has 6 heteroatoms. The van der Waals surface area contributed by atoms with Crippen molar-refractivity contribution in [1.82, 2.24) is 20.4 Å². The van der Waals surface area contributed by atoms with Crippen molar-refractivity contribution in [1.29, 1.82) is 0 Å². The van der Waals surface area contributed by atoms with Gasteiger partial charge in [-0.2, -0.15) is 5.10 Å². The number of hydrogen-bond acceptors (Lipinski definition) is 3. The Morgan fingerprint density at radius 2 is 2.08 bits per heavy atom. The highest BCUT2D eigenvalue weighted by atomic mass is 32.1. The minimum atomic E-state index is 0.472. The fraction of sp³-hybridized carbons (Fsp3) is 0.579. The third-order valence-corrected chi connectivity index (χ3v) is 5.48. The molecule has 0 spiro atoms. The minimum absolute atomic E-state index is 0.472. The summed E-state index contributed by atoms with van der Waals surface area (Å²) in [6, 6.07) is 4.30. The van der Waals surface area contributed by atoms with Crippen LogP contribution in [0.1, 0.15) is 55.4 Å². The average molecular weight is 362 g/mol. The first-order valence-corrected chi connectivity index (χ1v) is 10.1. The van der Waals surface area contributed by atoms with Crippen LogP contribution >= 0.6 is 11.3 Å². The predicted molar refractivity (Wildman–Crippen MR) is 108 cm³/mol. The third-order valence-electron chi connectivity index (χ3n) is 4.37. The smallest absolute Gasteiger partial charge is 0.191 e. The first-order valence-electron chi connectivity index (χ1n) is 9.19. The standard InChI is InChI=1S/C19H31N5S/c1-6-16-15(17(7-2)24(5)23-16)13-22-19(20-8-3)21-12-14(4)18-10-9-11-25-18/h9-11,14H,6-8,12-13H2,1-5H3,(H2,20,21,22). The van der Waals surface area contributed by atoms with Crippen LogP contribution in [0.2, 0.25) is 0 Å². The molecule has 2 N–H and O–H groups in total. The average Bonchev–Trinajstić information content (AvgIpc) is 3.24. The minimum Gasteiger partial charge on any atom is -0.357 e. The topological polar surface area (TPSA) is 54.2 Å². The zero-order valence-corrected chi connectivity index (χ0v) is 16.9. The van der Waals surface area contributed by atoms with E-state index in [4.69, 9.17) is 4.99 Å². The molecular weight excluding hydrogens is 330 g/mol. The van der Waals surface area contributed by atoms with E-state index in [0.29, 0.717) is 12.5 Å². The number of nitrogens with zero attached hydrogens (tertiary/aromatic N) is 3. The van der Waals surface area contributed by atoms with Crippen molar-refractivity contribution < 1.29 is 0 Å². The van der Waals surface area contributed by atoms with Crippen molar-refractivity contribution in [3.05, 3.63) is 39.3 Å². The van der Waals surface area contributed by atoms with Gasteiger partial charge in [-0.15, -0.1) is 11.3 Å². The molecule has 0 bridgehead atoms. The summed E-state index contributed by atoms with van der Waals surface area (Å²) in [6.07, 6.45) is 1.92. The Labute approximate surface area is 155 Å². The number of rotatable bonds is 8. The Morgan fingerprint density at radius 3 is 2.68 bits per heavy atom. The maximum atomic E-state index is 4.81. The van der Waals surface area contributed by atoms with Gasteiger partial charge in [-0.3, -0.25) is 4.68 Å². The summed E-state index contributed by atoms with van der Waals surface area (Å²) in [5, 5.41) is 13.6. The van der Waals surface area contributed by atoms with Gasteiger partial charge in [0.1, 0.15) is 0 Å². The zero-order valence-electron chi connectivity index (χ0n) is 16.1. The van der Waals surface area contributed by atoms with Gasteiger partial charge in [0.15, 0.2) is 5.96 Å². The van der Waals surface area contributed by atoms with Crippen molar-refractivity contribution in [3.8, 4) is 0 Å². The highest BCUT2D eigenvalue weighted by molar-refractivity contribution is 7.10. The molecule has 25 heavy (non-hydrogen) atoms. The van der Waals surface area contributed by atoms with Crippen LogP contribution < -0.4 is 10.6 Å². The van der Waals surface area contributed by atoms with Crippen LogP contribution in [-0.4, -0.2) is 28.8 Å².